The maximum Gasteiger partial charge on any atom is 0.343 e. The van der Waals surface area contributed by atoms with E-state index in [1.807, 2.05) is 24.3 Å². The standard InChI is InChI=1S/C44H49FO8/c1-3-41(46)50-27-5-7-30-9-13-32(14-10-30)34-17-21-36(22-18-34)43(48)52-39-26-25-38(45)29-40(39)53-44(49)37-23-19-35(20-24-37)33-15-11-31(12-16-33)8-6-28-51-42(47)4-2/h3-4,17-26,29-33H,1-2,5-16,27-28H2. The molecule has 2 fully saturated rings. The van der Waals surface area contributed by atoms with E-state index in [1.54, 1.807) is 24.3 Å². The van der Waals surface area contributed by atoms with Crippen LogP contribution in [-0.4, -0.2) is 37.1 Å². The summed E-state index contributed by atoms with van der Waals surface area (Å²) in [6.07, 6.45) is 14.7. The van der Waals surface area contributed by atoms with E-state index in [9.17, 15) is 23.6 Å². The summed E-state index contributed by atoms with van der Waals surface area (Å²) in [4.78, 5) is 48.7. The molecule has 0 bridgehead atoms. The second-order valence-corrected chi connectivity index (χ2v) is 14.1. The number of halogens is 1. The third-order valence-electron chi connectivity index (χ3n) is 10.6. The van der Waals surface area contributed by atoms with Crippen molar-refractivity contribution in [3.8, 4) is 11.5 Å². The van der Waals surface area contributed by atoms with Crippen molar-refractivity contribution in [2.45, 2.75) is 88.9 Å². The number of rotatable bonds is 16. The normalized spacial score (nSPS) is 19.7. The molecule has 0 amide bonds. The number of carbonyl (C=O) groups is 4. The molecule has 8 nitrogen and oxygen atoms in total. The van der Waals surface area contributed by atoms with Gasteiger partial charge >= 0.3 is 23.9 Å². The number of ether oxygens (including phenoxy) is 4. The molecule has 0 radical (unpaired) electrons. The Labute approximate surface area is 311 Å². The summed E-state index contributed by atoms with van der Waals surface area (Å²) in [7, 11) is 0. The predicted octanol–water partition coefficient (Wildman–Crippen LogP) is 9.83. The van der Waals surface area contributed by atoms with Gasteiger partial charge in [0.1, 0.15) is 5.82 Å². The lowest BCUT2D eigenvalue weighted by Gasteiger charge is -2.29. The molecule has 280 valence electrons. The Morgan fingerprint density at radius 3 is 1.42 bits per heavy atom. The molecule has 0 aliphatic heterocycles. The van der Waals surface area contributed by atoms with Crippen LogP contribution in [0.3, 0.4) is 0 Å². The summed E-state index contributed by atoms with van der Waals surface area (Å²) in [5.74, 6) is -0.958. The lowest BCUT2D eigenvalue weighted by Crippen LogP contribution is -2.15. The summed E-state index contributed by atoms with van der Waals surface area (Å²) in [5.41, 5.74) is 2.95. The van der Waals surface area contributed by atoms with Crippen LogP contribution in [0.4, 0.5) is 4.39 Å². The van der Waals surface area contributed by atoms with E-state index < -0.39 is 17.8 Å². The molecule has 0 saturated heterocycles. The van der Waals surface area contributed by atoms with Crippen LogP contribution >= 0.6 is 0 Å². The Balaban J connectivity index is 1.09. The second-order valence-electron chi connectivity index (χ2n) is 14.1. The van der Waals surface area contributed by atoms with E-state index in [-0.39, 0.29) is 23.4 Å². The molecule has 9 heteroatoms. The predicted molar refractivity (Wildman–Crippen MR) is 199 cm³/mol. The van der Waals surface area contributed by atoms with E-state index in [0.717, 1.165) is 100 Å². The van der Waals surface area contributed by atoms with Gasteiger partial charge < -0.3 is 18.9 Å². The van der Waals surface area contributed by atoms with Crippen LogP contribution in [0.15, 0.2) is 92.0 Å². The monoisotopic (exact) mass is 724 g/mol. The van der Waals surface area contributed by atoms with Gasteiger partial charge in [0.15, 0.2) is 11.5 Å². The highest BCUT2D eigenvalue weighted by atomic mass is 19.1. The third kappa shape index (κ3) is 11.7. The number of hydrogen-bond acceptors (Lipinski definition) is 8. The van der Waals surface area contributed by atoms with Crippen molar-refractivity contribution in [2.75, 3.05) is 13.2 Å². The number of carbonyl (C=O) groups excluding carboxylic acids is 4. The minimum atomic E-state index is -0.685. The van der Waals surface area contributed by atoms with Crippen molar-refractivity contribution in [1.82, 2.24) is 0 Å². The zero-order chi connectivity index (χ0) is 37.6. The highest BCUT2D eigenvalue weighted by Crippen LogP contribution is 2.39. The smallest absolute Gasteiger partial charge is 0.343 e. The molecule has 2 aliphatic carbocycles. The summed E-state index contributed by atoms with van der Waals surface area (Å²) in [6.45, 7) is 7.66. The largest absolute Gasteiger partial charge is 0.463 e. The average molecular weight is 725 g/mol. The van der Waals surface area contributed by atoms with Gasteiger partial charge in [-0.05, 0) is 148 Å². The molecule has 3 aromatic carbocycles. The van der Waals surface area contributed by atoms with Gasteiger partial charge in [-0.15, -0.1) is 0 Å². The van der Waals surface area contributed by atoms with Crippen molar-refractivity contribution in [3.05, 3.63) is 120 Å². The Bertz CT molecular complexity index is 1710. The van der Waals surface area contributed by atoms with Crippen molar-refractivity contribution >= 4 is 23.9 Å². The first-order chi connectivity index (χ1) is 25.7. The summed E-state index contributed by atoms with van der Waals surface area (Å²) in [6, 6.07) is 18.1. The Kier molecular flexibility index (Phi) is 14.6. The number of hydrogen-bond donors (Lipinski definition) is 0. The molecular formula is C44H49FO8. The molecule has 0 heterocycles. The van der Waals surface area contributed by atoms with Gasteiger partial charge in [0.05, 0.1) is 24.3 Å². The molecular weight excluding hydrogens is 675 g/mol. The Hall–Kier alpha value is -5.05. The van der Waals surface area contributed by atoms with Gasteiger partial charge in [-0.2, -0.15) is 0 Å². The van der Waals surface area contributed by atoms with Crippen LogP contribution < -0.4 is 9.47 Å². The molecule has 0 unspecified atom stereocenters. The molecule has 2 saturated carbocycles. The molecule has 0 atom stereocenters. The maximum atomic E-state index is 14.3. The number of benzene rings is 3. The van der Waals surface area contributed by atoms with Crippen LogP contribution in [0.2, 0.25) is 0 Å². The van der Waals surface area contributed by atoms with E-state index in [0.29, 0.717) is 48.0 Å². The minimum absolute atomic E-state index is 0.0568. The van der Waals surface area contributed by atoms with Gasteiger partial charge in [0, 0.05) is 18.2 Å². The maximum absolute atomic E-state index is 14.3. The SMILES string of the molecule is C=CC(=O)OCCCC1CCC(c2ccc(C(=O)Oc3ccc(F)cc3OC(=O)c3ccc(C4CCC(CCCOC(=O)C=C)CC4)cc3)cc2)CC1. The topological polar surface area (TPSA) is 105 Å². The van der Waals surface area contributed by atoms with Gasteiger partial charge in [-0.3, -0.25) is 0 Å². The van der Waals surface area contributed by atoms with Crippen LogP contribution in [0, 0.1) is 17.7 Å². The average Bonchev–Trinajstić information content (AvgIpc) is 3.19. The van der Waals surface area contributed by atoms with Crippen LogP contribution in [0.25, 0.3) is 0 Å². The van der Waals surface area contributed by atoms with E-state index in [2.05, 4.69) is 13.2 Å². The van der Waals surface area contributed by atoms with Crippen molar-refractivity contribution in [3.63, 3.8) is 0 Å². The van der Waals surface area contributed by atoms with E-state index in [4.69, 9.17) is 18.9 Å². The highest BCUT2D eigenvalue weighted by Gasteiger charge is 2.25. The van der Waals surface area contributed by atoms with Crippen LogP contribution in [-0.2, 0) is 19.1 Å². The molecule has 0 spiro atoms. The minimum Gasteiger partial charge on any atom is -0.463 e. The fourth-order valence-corrected chi connectivity index (χ4v) is 7.52. The lowest BCUT2D eigenvalue weighted by atomic mass is 9.77. The first kappa shape index (κ1) is 39.2. The molecule has 53 heavy (non-hydrogen) atoms. The van der Waals surface area contributed by atoms with Crippen LogP contribution in [0.5, 0.6) is 11.5 Å². The Morgan fingerprint density at radius 1 is 0.585 bits per heavy atom. The third-order valence-corrected chi connectivity index (χ3v) is 10.6. The highest BCUT2D eigenvalue weighted by molar-refractivity contribution is 5.93. The molecule has 5 rings (SSSR count). The Morgan fingerprint density at radius 2 is 1.00 bits per heavy atom. The van der Waals surface area contributed by atoms with Gasteiger partial charge in [-0.1, -0.05) is 37.4 Å². The summed E-state index contributed by atoms with van der Waals surface area (Å²) < 4.78 is 35.6. The van der Waals surface area contributed by atoms with Crippen molar-refractivity contribution in [2.24, 2.45) is 11.8 Å². The molecule has 3 aromatic rings. The fourth-order valence-electron chi connectivity index (χ4n) is 7.52. The fraction of sp³-hybridized carbons (Fsp3) is 0.409. The van der Waals surface area contributed by atoms with Gasteiger partial charge in [0.25, 0.3) is 0 Å². The van der Waals surface area contributed by atoms with Crippen molar-refractivity contribution in [1.29, 1.82) is 0 Å². The quantitative estimate of drug-likeness (QED) is 0.0622. The van der Waals surface area contributed by atoms with Crippen LogP contribution in [0.1, 0.15) is 121 Å². The molecule has 2 aliphatic rings. The lowest BCUT2D eigenvalue weighted by molar-refractivity contribution is -0.138. The summed E-state index contributed by atoms with van der Waals surface area (Å²) in [5, 5.41) is 0. The van der Waals surface area contributed by atoms with E-state index in [1.165, 1.54) is 18.2 Å². The molecule has 0 N–H and O–H groups in total. The zero-order valence-electron chi connectivity index (χ0n) is 30.3. The summed E-state index contributed by atoms with van der Waals surface area (Å²) >= 11 is 0. The van der Waals surface area contributed by atoms with Crippen molar-refractivity contribution < 1.29 is 42.5 Å². The number of esters is 4. The first-order valence-corrected chi connectivity index (χ1v) is 18.7. The van der Waals surface area contributed by atoms with Gasteiger partial charge in [-0.25, -0.2) is 23.6 Å². The molecule has 0 aromatic heterocycles. The first-order valence-electron chi connectivity index (χ1n) is 18.7. The second kappa shape index (κ2) is 19.7. The van der Waals surface area contributed by atoms with Gasteiger partial charge in [0.2, 0.25) is 0 Å². The zero-order valence-corrected chi connectivity index (χ0v) is 30.3. The van der Waals surface area contributed by atoms with E-state index >= 15 is 0 Å².